The number of benzene rings is 1. The number of hydrogen-bond donors (Lipinski definition) is 1. The van der Waals surface area contributed by atoms with Crippen molar-refractivity contribution < 1.29 is 13.9 Å². The number of nitrogens with zero attached hydrogens (tertiary/aromatic N) is 3. The van der Waals surface area contributed by atoms with E-state index in [1.54, 1.807) is 4.68 Å². The Labute approximate surface area is 116 Å². The molecule has 0 radical (unpaired) electrons. The third kappa shape index (κ3) is 2.85. The molecule has 4 nitrogen and oxygen atoms in total. The van der Waals surface area contributed by atoms with Gasteiger partial charge in [-0.15, -0.1) is 0 Å². The van der Waals surface area contributed by atoms with Crippen LogP contribution >= 0.6 is 0 Å². The Bertz CT molecular complexity index is 598. The van der Waals surface area contributed by atoms with Crippen molar-refractivity contribution >= 4 is 0 Å². The first-order chi connectivity index (χ1) is 9.54. The second-order valence-corrected chi connectivity index (χ2v) is 4.71. The van der Waals surface area contributed by atoms with Crippen molar-refractivity contribution in [1.82, 2.24) is 14.8 Å². The molecule has 0 aliphatic heterocycles. The van der Waals surface area contributed by atoms with Crippen LogP contribution in [0, 0.1) is 18.6 Å². The minimum absolute atomic E-state index is 0.0251. The van der Waals surface area contributed by atoms with Crippen molar-refractivity contribution in [3.63, 3.8) is 0 Å². The summed E-state index contributed by atoms with van der Waals surface area (Å²) in [6.07, 6.45) is 0.979. The van der Waals surface area contributed by atoms with E-state index < -0.39 is 17.7 Å². The van der Waals surface area contributed by atoms with E-state index in [0.29, 0.717) is 17.9 Å². The molecule has 1 aromatic heterocycles. The van der Waals surface area contributed by atoms with Gasteiger partial charge in [0.1, 0.15) is 23.8 Å². The second kappa shape index (κ2) is 6.09. The Morgan fingerprint density at radius 2 is 2.10 bits per heavy atom. The first kappa shape index (κ1) is 14.6. The van der Waals surface area contributed by atoms with Gasteiger partial charge in [-0.2, -0.15) is 5.10 Å². The van der Waals surface area contributed by atoms with Crippen LogP contribution in [0.2, 0.25) is 0 Å². The summed E-state index contributed by atoms with van der Waals surface area (Å²) in [5.74, 6) is -0.944. The molecule has 0 aliphatic carbocycles. The van der Waals surface area contributed by atoms with Crippen LogP contribution in [0.5, 0.6) is 0 Å². The number of rotatable bonds is 5. The Morgan fingerprint density at radius 1 is 1.35 bits per heavy atom. The average molecular weight is 281 g/mol. The van der Waals surface area contributed by atoms with E-state index in [1.807, 2.05) is 6.92 Å². The second-order valence-electron chi connectivity index (χ2n) is 4.71. The Balaban J connectivity index is 2.26. The molecule has 0 bridgehead atoms. The van der Waals surface area contributed by atoms with Crippen LogP contribution in [0.4, 0.5) is 8.78 Å². The lowest BCUT2D eigenvalue weighted by Crippen LogP contribution is -2.13. The van der Waals surface area contributed by atoms with Crippen molar-refractivity contribution in [2.75, 3.05) is 0 Å². The normalized spacial score (nSPS) is 12.7. The lowest BCUT2D eigenvalue weighted by atomic mass is 10.0. The van der Waals surface area contributed by atoms with E-state index in [4.69, 9.17) is 0 Å². The SMILES string of the molecule is CCCn1ncnc1CC(O)c1c(F)ccc(C)c1F. The van der Waals surface area contributed by atoms with E-state index in [2.05, 4.69) is 10.1 Å². The minimum Gasteiger partial charge on any atom is -0.388 e. The van der Waals surface area contributed by atoms with Gasteiger partial charge in [-0.05, 0) is 25.0 Å². The summed E-state index contributed by atoms with van der Waals surface area (Å²) in [6, 6.07) is 2.51. The van der Waals surface area contributed by atoms with Crippen LogP contribution in [0.1, 0.15) is 36.4 Å². The molecule has 1 heterocycles. The molecule has 1 N–H and O–H groups in total. The van der Waals surface area contributed by atoms with Crippen molar-refractivity contribution in [3.8, 4) is 0 Å². The van der Waals surface area contributed by atoms with Gasteiger partial charge in [-0.1, -0.05) is 13.0 Å². The molecule has 2 rings (SSSR count). The zero-order valence-electron chi connectivity index (χ0n) is 11.5. The summed E-state index contributed by atoms with van der Waals surface area (Å²) in [4.78, 5) is 4.03. The van der Waals surface area contributed by atoms with Crippen LogP contribution in [-0.4, -0.2) is 19.9 Å². The van der Waals surface area contributed by atoms with E-state index in [0.717, 1.165) is 12.5 Å². The Kier molecular flexibility index (Phi) is 4.44. The highest BCUT2D eigenvalue weighted by molar-refractivity contribution is 5.28. The summed E-state index contributed by atoms with van der Waals surface area (Å²) >= 11 is 0. The van der Waals surface area contributed by atoms with E-state index in [9.17, 15) is 13.9 Å². The maximum Gasteiger partial charge on any atom is 0.138 e. The van der Waals surface area contributed by atoms with Gasteiger partial charge < -0.3 is 5.11 Å². The zero-order chi connectivity index (χ0) is 14.7. The fraction of sp³-hybridized carbons (Fsp3) is 0.429. The molecule has 0 aliphatic rings. The van der Waals surface area contributed by atoms with Crippen molar-refractivity contribution in [2.45, 2.75) is 39.3 Å². The van der Waals surface area contributed by atoms with Crippen LogP contribution in [0.25, 0.3) is 0 Å². The molecule has 0 fully saturated rings. The third-order valence-electron chi connectivity index (χ3n) is 3.16. The van der Waals surface area contributed by atoms with Gasteiger partial charge in [0.2, 0.25) is 0 Å². The number of hydrogen-bond acceptors (Lipinski definition) is 3. The number of halogens is 2. The number of aryl methyl sites for hydroxylation is 2. The summed E-state index contributed by atoms with van der Waals surface area (Å²) < 4.78 is 29.3. The molecular formula is C14H17F2N3O. The molecule has 1 atom stereocenters. The number of aliphatic hydroxyl groups is 1. The van der Waals surface area contributed by atoms with Gasteiger partial charge in [0.05, 0.1) is 11.7 Å². The predicted octanol–water partition coefficient (Wildman–Crippen LogP) is 2.55. The van der Waals surface area contributed by atoms with Gasteiger partial charge >= 0.3 is 0 Å². The largest absolute Gasteiger partial charge is 0.388 e. The predicted molar refractivity (Wildman–Crippen MR) is 70.1 cm³/mol. The number of aromatic nitrogens is 3. The summed E-state index contributed by atoms with van der Waals surface area (Å²) in [7, 11) is 0. The lowest BCUT2D eigenvalue weighted by molar-refractivity contribution is 0.164. The van der Waals surface area contributed by atoms with Crippen molar-refractivity contribution in [3.05, 3.63) is 47.0 Å². The van der Waals surface area contributed by atoms with Crippen LogP contribution in [0.3, 0.4) is 0 Å². The average Bonchev–Trinajstić information content (AvgIpc) is 2.82. The maximum atomic E-state index is 13.9. The molecule has 0 saturated carbocycles. The maximum absolute atomic E-state index is 13.9. The van der Waals surface area contributed by atoms with Gasteiger partial charge in [0.25, 0.3) is 0 Å². The zero-order valence-corrected chi connectivity index (χ0v) is 11.5. The van der Waals surface area contributed by atoms with Crippen LogP contribution in [0.15, 0.2) is 18.5 Å². The molecule has 6 heteroatoms. The van der Waals surface area contributed by atoms with E-state index >= 15 is 0 Å². The van der Waals surface area contributed by atoms with Crippen LogP contribution in [-0.2, 0) is 13.0 Å². The summed E-state index contributed by atoms with van der Waals surface area (Å²) in [5, 5.41) is 14.1. The van der Waals surface area contributed by atoms with Gasteiger partial charge in [-0.25, -0.2) is 13.8 Å². The minimum atomic E-state index is -1.28. The standard InChI is InChI=1S/C14H17F2N3O/c1-3-6-19-12(17-8-18-19)7-11(20)13-10(15)5-4-9(2)14(13)16/h4-5,8,11,20H,3,6-7H2,1-2H3. The quantitative estimate of drug-likeness (QED) is 0.916. The first-order valence-corrected chi connectivity index (χ1v) is 6.53. The fourth-order valence-electron chi connectivity index (χ4n) is 2.10. The van der Waals surface area contributed by atoms with Gasteiger partial charge in [-0.3, -0.25) is 4.68 Å². The highest BCUT2D eigenvalue weighted by Crippen LogP contribution is 2.25. The summed E-state index contributed by atoms with van der Waals surface area (Å²) in [5.41, 5.74) is -0.00785. The van der Waals surface area contributed by atoms with E-state index in [1.165, 1.54) is 19.3 Å². The van der Waals surface area contributed by atoms with Crippen molar-refractivity contribution in [1.29, 1.82) is 0 Å². The van der Waals surface area contributed by atoms with Gasteiger partial charge in [0.15, 0.2) is 0 Å². The molecule has 20 heavy (non-hydrogen) atoms. The highest BCUT2D eigenvalue weighted by atomic mass is 19.1. The van der Waals surface area contributed by atoms with Crippen molar-refractivity contribution in [2.24, 2.45) is 0 Å². The molecule has 1 aromatic carbocycles. The third-order valence-corrected chi connectivity index (χ3v) is 3.16. The topological polar surface area (TPSA) is 50.9 Å². The summed E-state index contributed by atoms with van der Waals surface area (Å²) in [6.45, 7) is 4.17. The molecule has 2 aromatic rings. The Hall–Kier alpha value is -1.82. The van der Waals surface area contributed by atoms with Gasteiger partial charge in [0, 0.05) is 13.0 Å². The molecule has 0 amide bonds. The fourth-order valence-corrected chi connectivity index (χ4v) is 2.10. The highest BCUT2D eigenvalue weighted by Gasteiger charge is 2.21. The Morgan fingerprint density at radius 3 is 2.80 bits per heavy atom. The molecular weight excluding hydrogens is 264 g/mol. The molecule has 0 spiro atoms. The molecule has 0 saturated heterocycles. The number of aliphatic hydroxyl groups excluding tert-OH is 1. The van der Waals surface area contributed by atoms with Crippen LogP contribution < -0.4 is 0 Å². The van der Waals surface area contributed by atoms with E-state index in [-0.39, 0.29) is 12.0 Å². The lowest BCUT2D eigenvalue weighted by Gasteiger charge is -2.14. The first-order valence-electron chi connectivity index (χ1n) is 6.53. The smallest absolute Gasteiger partial charge is 0.138 e. The molecule has 1 unspecified atom stereocenters. The molecule has 108 valence electrons. The monoisotopic (exact) mass is 281 g/mol.